The third-order valence-corrected chi connectivity index (χ3v) is 2.73. The summed E-state index contributed by atoms with van der Waals surface area (Å²) in [5, 5.41) is 10.9. The van der Waals surface area contributed by atoms with Crippen molar-refractivity contribution in [2.45, 2.75) is 6.54 Å². The molecular weight excluding hydrogens is 298 g/mol. The highest BCUT2D eigenvalue weighted by Gasteiger charge is 2.02. The number of carbonyl (C=O) groups is 1. The Morgan fingerprint density at radius 2 is 2.00 bits per heavy atom. The number of nitrogens with one attached hydrogen (secondary N) is 1. The van der Waals surface area contributed by atoms with Gasteiger partial charge in [0.15, 0.2) is 4.73 Å². The highest BCUT2D eigenvalue weighted by molar-refractivity contribution is 9.10. The fraction of sp³-hybridized carbons (Fsp3) is 0.0833. The van der Waals surface area contributed by atoms with Crippen LogP contribution in [0, 0.1) is 0 Å². The lowest BCUT2D eigenvalue weighted by Gasteiger charge is -2.05. The molecule has 1 heterocycles. The first kappa shape index (κ1) is 12.5. The van der Waals surface area contributed by atoms with Crippen LogP contribution in [0.2, 0.25) is 0 Å². The number of halogens is 1. The lowest BCUT2D eigenvalue weighted by molar-refractivity contribution is 0.194. The van der Waals surface area contributed by atoms with Gasteiger partial charge in [-0.15, -0.1) is 0 Å². The summed E-state index contributed by atoms with van der Waals surface area (Å²) >= 11 is 3.18. The Morgan fingerprint density at radius 3 is 2.67 bits per heavy atom. The van der Waals surface area contributed by atoms with Gasteiger partial charge in [-0.2, -0.15) is 0 Å². The van der Waals surface area contributed by atoms with E-state index < -0.39 is 6.09 Å². The fourth-order valence-corrected chi connectivity index (χ4v) is 1.70. The van der Waals surface area contributed by atoms with Gasteiger partial charge in [0, 0.05) is 24.5 Å². The Labute approximate surface area is 112 Å². The highest BCUT2D eigenvalue weighted by Crippen LogP contribution is 2.19. The molecule has 2 N–H and O–H groups in total. The molecule has 5 nitrogen and oxygen atoms in total. The van der Waals surface area contributed by atoms with E-state index >= 15 is 0 Å². The molecule has 1 aromatic heterocycles. The molecule has 92 valence electrons. The number of benzene rings is 1. The molecular formula is C12H10BrN3O2. The second-order valence-electron chi connectivity index (χ2n) is 3.60. The minimum Gasteiger partial charge on any atom is -0.465 e. The van der Waals surface area contributed by atoms with E-state index in [1.807, 2.05) is 24.3 Å². The molecule has 0 saturated heterocycles. The molecule has 0 saturated carbocycles. The quantitative estimate of drug-likeness (QED) is 0.855. The lowest BCUT2D eigenvalue weighted by Crippen LogP contribution is -2.19. The van der Waals surface area contributed by atoms with E-state index in [4.69, 9.17) is 5.11 Å². The minimum atomic E-state index is -1.03. The first-order valence-electron chi connectivity index (χ1n) is 5.19. The predicted octanol–water partition coefficient (Wildman–Crippen LogP) is 2.67. The molecule has 0 radical (unpaired) electrons. The molecule has 2 rings (SSSR count). The van der Waals surface area contributed by atoms with Crippen molar-refractivity contribution in [2.75, 3.05) is 0 Å². The molecule has 1 aromatic carbocycles. The molecule has 0 spiro atoms. The van der Waals surface area contributed by atoms with Crippen molar-refractivity contribution >= 4 is 22.0 Å². The zero-order chi connectivity index (χ0) is 13.0. The molecule has 0 aliphatic carbocycles. The topological polar surface area (TPSA) is 75.1 Å². The molecule has 0 unspecified atom stereocenters. The van der Waals surface area contributed by atoms with Crippen molar-refractivity contribution < 1.29 is 9.90 Å². The van der Waals surface area contributed by atoms with Crippen molar-refractivity contribution in [1.29, 1.82) is 0 Å². The van der Waals surface area contributed by atoms with Crippen molar-refractivity contribution in [1.82, 2.24) is 15.3 Å². The van der Waals surface area contributed by atoms with Crippen LogP contribution in [0.5, 0.6) is 0 Å². The van der Waals surface area contributed by atoms with Gasteiger partial charge >= 0.3 is 6.09 Å². The smallest absolute Gasteiger partial charge is 0.404 e. The normalized spacial score (nSPS) is 10.1. The molecule has 0 fully saturated rings. The van der Waals surface area contributed by atoms with Crippen LogP contribution < -0.4 is 5.32 Å². The Kier molecular flexibility index (Phi) is 3.88. The van der Waals surface area contributed by atoms with Gasteiger partial charge in [0.2, 0.25) is 0 Å². The van der Waals surface area contributed by atoms with Crippen LogP contribution in [0.25, 0.3) is 11.1 Å². The van der Waals surface area contributed by atoms with E-state index in [1.54, 1.807) is 12.4 Å². The number of nitrogens with zero attached hydrogens (tertiary/aromatic N) is 2. The van der Waals surface area contributed by atoms with Crippen LogP contribution in [0.1, 0.15) is 5.56 Å². The van der Waals surface area contributed by atoms with Crippen LogP contribution in [0.3, 0.4) is 0 Å². The van der Waals surface area contributed by atoms with Crippen LogP contribution >= 0.6 is 15.9 Å². The third-order valence-electron chi connectivity index (χ3n) is 2.32. The average molecular weight is 308 g/mol. The number of aromatic nitrogens is 2. The Bertz CT molecular complexity index is 558. The van der Waals surface area contributed by atoms with Crippen molar-refractivity contribution in [3.05, 3.63) is 47.0 Å². The Balaban J connectivity index is 2.21. The molecule has 6 heteroatoms. The summed E-state index contributed by atoms with van der Waals surface area (Å²) < 4.78 is 0.537. The second-order valence-corrected chi connectivity index (χ2v) is 4.31. The van der Waals surface area contributed by atoms with Gasteiger partial charge in [0.25, 0.3) is 0 Å². The maximum absolute atomic E-state index is 10.4. The number of amides is 1. The predicted molar refractivity (Wildman–Crippen MR) is 70.0 cm³/mol. The van der Waals surface area contributed by atoms with Gasteiger partial charge < -0.3 is 10.4 Å². The lowest BCUT2D eigenvalue weighted by atomic mass is 10.1. The van der Waals surface area contributed by atoms with Crippen LogP contribution in [0.15, 0.2) is 41.4 Å². The molecule has 18 heavy (non-hydrogen) atoms. The van der Waals surface area contributed by atoms with Crippen molar-refractivity contribution in [3.63, 3.8) is 0 Å². The van der Waals surface area contributed by atoms with E-state index in [-0.39, 0.29) is 6.54 Å². The third kappa shape index (κ3) is 3.27. The average Bonchev–Trinajstić information content (AvgIpc) is 2.37. The zero-order valence-electron chi connectivity index (χ0n) is 9.30. The van der Waals surface area contributed by atoms with Gasteiger partial charge in [-0.1, -0.05) is 18.2 Å². The number of rotatable bonds is 3. The molecule has 1 amide bonds. The maximum Gasteiger partial charge on any atom is 0.404 e. The molecule has 0 aliphatic heterocycles. The van der Waals surface area contributed by atoms with Crippen molar-refractivity contribution in [2.24, 2.45) is 0 Å². The Morgan fingerprint density at radius 1 is 1.28 bits per heavy atom. The maximum atomic E-state index is 10.4. The summed E-state index contributed by atoms with van der Waals surface area (Å²) in [5.41, 5.74) is 2.72. The van der Waals surface area contributed by atoms with Crippen LogP contribution in [-0.2, 0) is 6.54 Å². The second kappa shape index (κ2) is 5.59. The van der Waals surface area contributed by atoms with E-state index in [0.29, 0.717) is 4.73 Å². The summed E-state index contributed by atoms with van der Waals surface area (Å²) in [5.74, 6) is 0. The number of hydrogen-bond acceptors (Lipinski definition) is 3. The molecule has 0 bridgehead atoms. The minimum absolute atomic E-state index is 0.278. The number of hydrogen-bond donors (Lipinski definition) is 2. The van der Waals surface area contributed by atoms with E-state index in [2.05, 4.69) is 31.2 Å². The first-order chi connectivity index (χ1) is 8.65. The summed E-state index contributed by atoms with van der Waals surface area (Å²) in [4.78, 5) is 18.5. The van der Waals surface area contributed by atoms with Gasteiger partial charge in [0.05, 0.1) is 0 Å². The highest BCUT2D eigenvalue weighted by atomic mass is 79.9. The summed E-state index contributed by atoms with van der Waals surface area (Å²) in [7, 11) is 0. The van der Waals surface area contributed by atoms with Crippen LogP contribution in [0.4, 0.5) is 4.79 Å². The Hall–Kier alpha value is -1.95. The van der Waals surface area contributed by atoms with Gasteiger partial charge in [0.1, 0.15) is 0 Å². The standard InChI is InChI=1S/C12H10BrN3O2/c13-11-14-6-10(7-15-11)9-3-1-2-8(4-9)5-16-12(17)18/h1-4,6-7,16H,5H2,(H,17,18). The van der Waals surface area contributed by atoms with E-state index in [9.17, 15) is 4.79 Å². The summed E-state index contributed by atoms with van der Waals surface area (Å²) in [6.07, 6.45) is 2.38. The van der Waals surface area contributed by atoms with Gasteiger partial charge in [-0.3, -0.25) is 0 Å². The SMILES string of the molecule is O=C(O)NCc1cccc(-c2cnc(Br)nc2)c1. The fourth-order valence-electron chi connectivity index (χ4n) is 1.50. The first-order valence-corrected chi connectivity index (χ1v) is 5.98. The monoisotopic (exact) mass is 307 g/mol. The van der Waals surface area contributed by atoms with Crippen molar-refractivity contribution in [3.8, 4) is 11.1 Å². The molecule has 0 aliphatic rings. The van der Waals surface area contributed by atoms with E-state index in [1.165, 1.54) is 0 Å². The molecule has 0 atom stereocenters. The largest absolute Gasteiger partial charge is 0.465 e. The van der Waals surface area contributed by atoms with Gasteiger partial charge in [-0.25, -0.2) is 14.8 Å². The van der Waals surface area contributed by atoms with E-state index in [0.717, 1.165) is 16.7 Å². The summed E-state index contributed by atoms with van der Waals surface area (Å²) in [6, 6.07) is 7.56. The summed E-state index contributed by atoms with van der Waals surface area (Å²) in [6.45, 7) is 0.278. The van der Waals surface area contributed by atoms with Gasteiger partial charge in [-0.05, 0) is 33.1 Å². The molecule has 2 aromatic rings. The number of carboxylic acid groups (broad SMARTS) is 1. The zero-order valence-corrected chi connectivity index (χ0v) is 10.9. The van der Waals surface area contributed by atoms with Crippen LogP contribution in [-0.4, -0.2) is 21.2 Å².